The van der Waals surface area contributed by atoms with E-state index in [9.17, 15) is 0 Å². The van der Waals surface area contributed by atoms with Crippen molar-refractivity contribution in [3.8, 4) is 0 Å². The fourth-order valence-corrected chi connectivity index (χ4v) is 2.78. The highest BCUT2D eigenvalue weighted by molar-refractivity contribution is 5.16. The third kappa shape index (κ3) is 2.87. The molecule has 1 aromatic heterocycles. The second-order valence-corrected chi connectivity index (χ2v) is 5.12. The van der Waals surface area contributed by atoms with Crippen LogP contribution in [0.1, 0.15) is 55.3 Å². The quantitative estimate of drug-likeness (QED) is 0.890. The highest BCUT2D eigenvalue weighted by atomic mass is 16.5. The lowest BCUT2D eigenvalue weighted by Gasteiger charge is -2.28. The lowest BCUT2D eigenvalue weighted by atomic mass is 9.85. The maximum Gasteiger partial charge on any atom is 0.157 e. The smallest absolute Gasteiger partial charge is 0.157 e. The fourth-order valence-electron chi connectivity index (χ4n) is 2.78. The van der Waals surface area contributed by atoms with Gasteiger partial charge in [-0.1, -0.05) is 19.3 Å². The molecule has 2 rings (SSSR count). The first kappa shape index (κ1) is 13.4. The second-order valence-electron chi connectivity index (χ2n) is 5.12. The number of nitrogens with two attached hydrogens (primary N) is 1. The van der Waals surface area contributed by atoms with E-state index >= 15 is 0 Å². The number of methoxy groups -OCH3 is 1. The minimum Gasteiger partial charge on any atom is -0.373 e. The van der Waals surface area contributed by atoms with Gasteiger partial charge in [0.15, 0.2) is 5.82 Å². The number of aryl methyl sites for hydroxylation is 1. The van der Waals surface area contributed by atoms with Crippen LogP contribution in [0.3, 0.4) is 0 Å². The van der Waals surface area contributed by atoms with Gasteiger partial charge in [0, 0.05) is 19.9 Å². The molecule has 1 unspecified atom stereocenters. The Kier molecular flexibility index (Phi) is 4.66. The molecule has 1 heterocycles. The minimum atomic E-state index is 0.0243. The number of rotatable bonds is 4. The van der Waals surface area contributed by atoms with Crippen LogP contribution in [0.4, 0.5) is 0 Å². The molecule has 2 N–H and O–H groups in total. The molecule has 0 bridgehead atoms. The van der Waals surface area contributed by atoms with E-state index in [0.717, 1.165) is 17.1 Å². The molecule has 0 spiro atoms. The number of aromatic nitrogens is 2. The average Bonchev–Trinajstić information content (AvgIpc) is 2.42. The number of nitrogens with zero attached hydrogens (tertiary/aromatic N) is 2. The maximum atomic E-state index is 5.71. The van der Waals surface area contributed by atoms with Gasteiger partial charge in [0.05, 0.1) is 5.69 Å². The van der Waals surface area contributed by atoms with Crippen LogP contribution in [0, 0.1) is 12.8 Å². The Morgan fingerprint density at radius 3 is 2.72 bits per heavy atom. The molecule has 0 amide bonds. The summed E-state index contributed by atoms with van der Waals surface area (Å²) in [7, 11) is 1.75. The Morgan fingerprint density at radius 1 is 1.39 bits per heavy atom. The van der Waals surface area contributed by atoms with Crippen LogP contribution in [-0.4, -0.2) is 17.1 Å². The summed E-state index contributed by atoms with van der Waals surface area (Å²) < 4.78 is 5.65. The zero-order valence-corrected chi connectivity index (χ0v) is 11.4. The normalized spacial score (nSPS) is 18.8. The summed E-state index contributed by atoms with van der Waals surface area (Å²) in [4.78, 5) is 9.02. The molecular formula is C14H23N3O. The molecule has 1 aliphatic carbocycles. The lowest BCUT2D eigenvalue weighted by molar-refractivity contribution is 0.0287. The van der Waals surface area contributed by atoms with Gasteiger partial charge in [0.2, 0.25) is 0 Å². The van der Waals surface area contributed by atoms with E-state index in [1.807, 2.05) is 13.1 Å². The van der Waals surface area contributed by atoms with Crippen LogP contribution in [0.5, 0.6) is 0 Å². The largest absolute Gasteiger partial charge is 0.373 e. The van der Waals surface area contributed by atoms with Crippen LogP contribution in [-0.2, 0) is 11.3 Å². The molecule has 18 heavy (non-hydrogen) atoms. The van der Waals surface area contributed by atoms with Crippen molar-refractivity contribution in [1.82, 2.24) is 9.97 Å². The van der Waals surface area contributed by atoms with E-state index < -0.39 is 0 Å². The SMILES string of the molecule is COC(c1ncc(C)c(CN)n1)C1CCCCC1. The van der Waals surface area contributed by atoms with Crippen molar-refractivity contribution in [1.29, 1.82) is 0 Å². The summed E-state index contributed by atoms with van der Waals surface area (Å²) in [6.07, 6.45) is 8.24. The first-order valence-corrected chi connectivity index (χ1v) is 6.81. The zero-order valence-electron chi connectivity index (χ0n) is 11.4. The summed E-state index contributed by atoms with van der Waals surface area (Å²) in [6.45, 7) is 2.46. The van der Waals surface area contributed by atoms with Gasteiger partial charge in [-0.25, -0.2) is 9.97 Å². The van der Waals surface area contributed by atoms with Crippen LogP contribution in [0.25, 0.3) is 0 Å². The topological polar surface area (TPSA) is 61.0 Å². The monoisotopic (exact) mass is 249 g/mol. The van der Waals surface area contributed by atoms with Gasteiger partial charge in [0.1, 0.15) is 6.10 Å². The predicted molar refractivity (Wildman–Crippen MR) is 71.0 cm³/mol. The van der Waals surface area contributed by atoms with Gasteiger partial charge in [0.25, 0.3) is 0 Å². The summed E-state index contributed by atoms with van der Waals surface area (Å²) in [5.41, 5.74) is 7.69. The number of hydrogen-bond donors (Lipinski definition) is 1. The van der Waals surface area contributed by atoms with Crippen molar-refractivity contribution >= 4 is 0 Å². The summed E-state index contributed by atoms with van der Waals surface area (Å²) in [5, 5.41) is 0. The third-order valence-corrected chi connectivity index (χ3v) is 3.87. The van der Waals surface area contributed by atoms with Crippen molar-refractivity contribution < 1.29 is 4.74 Å². The Labute approximate surface area is 109 Å². The predicted octanol–water partition coefficient (Wildman–Crippen LogP) is 2.51. The van der Waals surface area contributed by atoms with E-state index in [1.54, 1.807) is 7.11 Å². The lowest BCUT2D eigenvalue weighted by Crippen LogP contribution is -2.21. The molecule has 100 valence electrons. The molecular weight excluding hydrogens is 226 g/mol. The van der Waals surface area contributed by atoms with Crippen LogP contribution in [0.15, 0.2) is 6.20 Å². The van der Waals surface area contributed by atoms with Gasteiger partial charge in [-0.3, -0.25) is 0 Å². The van der Waals surface area contributed by atoms with Crippen LogP contribution >= 0.6 is 0 Å². The van der Waals surface area contributed by atoms with E-state index in [4.69, 9.17) is 10.5 Å². The molecule has 4 nitrogen and oxygen atoms in total. The van der Waals surface area contributed by atoms with Gasteiger partial charge in [-0.2, -0.15) is 0 Å². The first-order valence-electron chi connectivity index (χ1n) is 6.81. The molecule has 0 aromatic carbocycles. The standard InChI is InChI=1S/C14H23N3O/c1-10-9-16-14(17-12(10)8-15)13(18-2)11-6-4-3-5-7-11/h9,11,13H,3-8,15H2,1-2H3. The summed E-state index contributed by atoms with van der Waals surface area (Å²) in [5.74, 6) is 1.35. The van der Waals surface area contributed by atoms with Crippen molar-refractivity contribution in [3.63, 3.8) is 0 Å². The van der Waals surface area contributed by atoms with E-state index in [2.05, 4.69) is 9.97 Å². The average molecular weight is 249 g/mol. The molecule has 1 atom stereocenters. The molecule has 1 fully saturated rings. The van der Waals surface area contributed by atoms with Gasteiger partial charge in [-0.05, 0) is 31.2 Å². The Balaban J connectivity index is 2.20. The summed E-state index contributed by atoms with van der Waals surface area (Å²) >= 11 is 0. The minimum absolute atomic E-state index is 0.0243. The van der Waals surface area contributed by atoms with Gasteiger partial charge in [-0.15, -0.1) is 0 Å². The number of ether oxygens (including phenoxy) is 1. The zero-order chi connectivity index (χ0) is 13.0. The third-order valence-electron chi connectivity index (χ3n) is 3.87. The van der Waals surface area contributed by atoms with Crippen molar-refractivity contribution in [2.45, 2.75) is 51.7 Å². The number of hydrogen-bond acceptors (Lipinski definition) is 4. The molecule has 0 aliphatic heterocycles. The van der Waals surface area contributed by atoms with Crippen molar-refractivity contribution in [2.75, 3.05) is 7.11 Å². The Bertz CT molecular complexity index is 389. The first-order chi connectivity index (χ1) is 8.76. The highest BCUT2D eigenvalue weighted by Crippen LogP contribution is 2.35. The van der Waals surface area contributed by atoms with E-state index in [-0.39, 0.29) is 6.10 Å². The maximum absolute atomic E-state index is 5.71. The Morgan fingerprint density at radius 2 is 2.11 bits per heavy atom. The Hall–Kier alpha value is -1.00. The molecule has 0 radical (unpaired) electrons. The van der Waals surface area contributed by atoms with Gasteiger partial charge >= 0.3 is 0 Å². The second kappa shape index (κ2) is 6.25. The van der Waals surface area contributed by atoms with Gasteiger partial charge < -0.3 is 10.5 Å². The molecule has 1 aliphatic rings. The fraction of sp³-hybridized carbons (Fsp3) is 0.714. The molecule has 4 heteroatoms. The van der Waals surface area contributed by atoms with E-state index in [1.165, 1.54) is 32.1 Å². The molecule has 1 saturated carbocycles. The summed E-state index contributed by atoms with van der Waals surface area (Å²) in [6, 6.07) is 0. The van der Waals surface area contributed by atoms with Crippen molar-refractivity contribution in [3.05, 3.63) is 23.3 Å². The molecule has 1 aromatic rings. The van der Waals surface area contributed by atoms with Crippen LogP contribution < -0.4 is 5.73 Å². The highest BCUT2D eigenvalue weighted by Gasteiger charge is 2.27. The van der Waals surface area contributed by atoms with Crippen LogP contribution in [0.2, 0.25) is 0 Å². The van der Waals surface area contributed by atoms with E-state index in [0.29, 0.717) is 12.5 Å². The molecule has 0 saturated heterocycles. The van der Waals surface area contributed by atoms with Crippen molar-refractivity contribution in [2.24, 2.45) is 11.7 Å².